The van der Waals surface area contributed by atoms with E-state index in [2.05, 4.69) is 0 Å². The number of benzene rings is 2. The van der Waals surface area contributed by atoms with Crippen LogP contribution in [0.5, 0.6) is 0 Å². The number of nitrogens with zero attached hydrogens (tertiary/aromatic N) is 2. The van der Waals surface area contributed by atoms with Crippen LogP contribution in [0.4, 0.5) is 5.69 Å². The summed E-state index contributed by atoms with van der Waals surface area (Å²) in [7, 11) is -3.68. The van der Waals surface area contributed by atoms with Crippen LogP contribution in [0.25, 0.3) is 0 Å². The number of carbonyl (C=O) groups is 1. The fourth-order valence-corrected chi connectivity index (χ4v) is 4.85. The van der Waals surface area contributed by atoms with E-state index in [0.717, 1.165) is 5.69 Å². The van der Waals surface area contributed by atoms with Gasteiger partial charge in [0.15, 0.2) is 0 Å². The first-order valence-electron chi connectivity index (χ1n) is 9.01. The molecule has 27 heavy (non-hydrogen) atoms. The fourth-order valence-electron chi connectivity index (χ4n) is 3.20. The first kappa shape index (κ1) is 19.5. The minimum Gasteiger partial charge on any atom is -0.378 e. The van der Waals surface area contributed by atoms with Crippen LogP contribution in [-0.4, -0.2) is 51.0 Å². The van der Waals surface area contributed by atoms with E-state index >= 15 is 0 Å². The van der Waals surface area contributed by atoms with Gasteiger partial charge in [-0.3, -0.25) is 4.79 Å². The Morgan fingerprint density at radius 2 is 1.93 bits per heavy atom. The number of amides is 1. The van der Waals surface area contributed by atoms with Gasteiger partial charge in [-0.05, 0) is 44.2 Å². The summed E-state index contributed by atoms with van der Waals surface area (Å²) in [5.41, 5.74) is 1.13. The number of rotatable bonds is 5. The number of sulfonamides is 1. The Morgan fingerprint density at radius 3 is 2.59 bits per heavy atom. The van der Waals surface area contributed by atoms with E-state index < -0.39 is 10.0 Å². The Kier molecular flexibility index (Phi) is 5.94. The first-order valence-corrected chi connectivity index (χ1v) is 10.5. The van der Waals surface area contributed by atoms with Crippen molar-refractivity contribution in [1.82, 2.24) is 4.31 Å². The van der Waals surface area contributed by atoms with Gasteiger partial charge in [0.1, 0.15) is 0 Å². The van der Waals surface area contributed by atoms with Gasteiger partial charge in [-0.2, -0.15) is 4.31 Å². The van der Waals surface area contributed by atoms with Crippen molar-refractivity contribution in [2.45, 2.75) is 24.8 Å². The highest BCUT2D eigenvalue weighted by molar-refractivity contribution is 7.89. The molecule has 1 amide bonds. The Hall–Kier alpha value is -2.22. The van der Waals surface area contributed by atoms with Crippen LogP contribution in [0, 0.1) is 0 Å². The van der Waals surface area contributed by atoms with Gasteiger partial charge in [-0.15, -0.1) is 0 Å². The third kappa shape index (κ3) is 4.05. The summed E-state index contributed by atoms with van der Waals surface area (Å²) in [6, 6.07) is 15.4. The maximum atomic E-state index is 13.0. The molecule has 3 rings (SSSR count). The SMILES string of the molecule is CCN(C(=O)c1cccc(S(=O)(=O)N2CCOCC2C)c1)c1ccccc1. The zero-order valence-electron chi connectivity index (χ0n) is 15.5. The van der Waals surface area contributed by atoms with Gasteiger partial charge >= 0.3 is 0 Å². The van der Waals surface area contributed by atoms with Crippen molar-refractivity contribution in [3.05, 3.63) is 60.2 Å². The number of hydrogen-bond donors (Lipinski definition) is 0. The zero-order valence-corrected chi connectivity index (χ0v) is 16.4. The number of anilines is 1. The smallest absolute Gasteiger partial charge is 0.258 e. The molecule has 0 aliphatic carbocycles. The number of ether oxygens (including phenoxy) is 1. The monoisotopic (exact) mass is 388 g/mol. The van der Waals surface area contributed by atoms with Gasteiger partial charge in [0.2, 0.25) is 10.0 Å². The van der Waals surface area contributed by atoms with Crippen LogP contribution in [0.3, 0.4) is 0 Å². The molecule has 2 aromatic carbocycles. The Bertz CT molecular complexity index is 899. The normalized spacial score (nSPS) is 18.2. The topological polar surface area (TPSA) is 66.9 Å². The summed E-state index contributed by atoms with van der Waals surface area (Å²) in [5.74, 6) is -0.226. The molecule has 1 heterocycles. The molecule has 1 atom stereocenters. The van der Waals surface area contributed by atoms with Crippen LogP contribution < -0.4 is 4.90 Å². The van der Waals surface area contributed by atoms with Crippen molar-refractivity contribution in [3.63, 3.8) is 0 Å². The third-order valence-corrected chi connectivity index (χ3v) is 6.63. The van der Waals surface area contributed by atoms with E-state index in [4.69, 9.17) is 4.74 Å². The molecule has 0 bridgehead atoms. The summed E-state index contributed by atoms with van der Waals surface area (Å²) in [4.78, 5) is 14.8. The van der Waals surface area contributed by atoms with Gasteiger partial charge in [0, 0.05) is 30.4 Å². The van der Waals surface area contributed by atoms with Crippen LogP contribution in [-0.2, 0) is 14.8 Å². The molecule has 1 fully saturated rings. The zero-order chi connectivity index (χ0) is 19.4. The average molecular weight is 388 g/mol. The molecule has 0 N–H and O–H groups in total. The van der Waals surface area contributed by atoms with E-state index in [1.54, 1.807) is 17.0 Å². The van der Waals surface area contributed by atoms with E-state index in [0.29, 0.717) is 31.9 Å². The molecule has 1 saturated heterocycles. The van der Waals surface area contributed by atoms with Crippen molar-refractivity contribution < 1.29 is 17.9 Å². The summed E-state index contributed by atoms with van der Waals surface area (Å²) >= 11 is 0. The van der Waals surface area contributed by atoms with Crippen molar-refractivity contribution in [3.8, 4) is 0 Å². The number of carbonyl (C=O) groups excluding carboxylic acids is 1. The van der Waals surface area contributed by atoms with Gasteiger partial charge in [0.05, 0.1) is 18.1 Å². The average Bonchev–Trinajstić information content (AvgIpc) is 2.69. The van der Waals surface area contributed by atoms with E-state index in [1.165, 1.54) is 16.4 Å². The fraction of sp³-hybridized carbons (Fsp3) is 0.350. The van der Waals surface area contributed by atoms with Crippen LogP contribution in [0.1, 0.15) is 24.2 Å². The number of morpholine rings is 1. The lowest BCUT2D eigenvalue weighted by Crippen LogP contribution is -2.47. The second-order valence-electron chi connectivity index (χ2n) is 6.45. The molecule has 0 spiro atoms. The number of hydrogen-bond acceptors (Lipinski definition) is 4. The Labute approximate surface area is 160 Å². The molecule has 0 radical (unpaired) electrons. The molecule has 0 aromatic heterocycles. The predicted molar refractivity (Wildman–Crippen MR) is 104 cm³/mol. The van der Waals surface area contributed by atoms with Crippen molar-refractivity contribution in [2.75, 3.05) is 31.2 Å². The predicted octanol–water partition coefficient (Wildman–Crippen LogP) is 2.76. The lowest BCUT2D eigenvalue weighted by molar-refractivity contribution is 0.0393. The molecule has 1 aliphatic rings. The van der Waals surface area contributed by atoms with Gasteiger partial charge < -0.3 is 9.64 Å². The van der Waals surface area contributed by atoms with Crippen molar-refractivity contribution in [1.29, 1.82) is 0 Å². The molecule has 7 heteroatoms. The molecule has 6 nitrogen and oxygen atoms in total. The van der Waals surface area contributed by atoms with Gasteiger partial charge in [0.25, 0.3) is 5.91 Å². The van der Waals surface area contributed by atoms with E-state index in [-0.39, 0.29) is 16.8 Å². The van der Waals surface area contributed by atoms with Gasteiger partial charge in [-0.1, -0.05) is 24.3 Å². The lowest BCUT2D eigenvalue weighted by Gasteiger charge is -2.32. The highest BCUT2D eigenvalue weighted by atomic mass is 32.2. The van der Waals surface area contributed by atoms with Crippen molar-refractivity contribution in [2.24, 2.45) is 0 Å². The molecular weight excluding hydrogens is 364 g/mol. The second-order valence-corrected chi connectivity index (χ2v) is 8.34. The van der Waals surface area contributed by atoms with Crippen LogP contribution in [0.2, 0.25) is 0 Å². The van der Waals surface area contributed by atoms with Gasteiger partial charge in [-0.25, -0.2) is 8.42 Å². The van der Waals surface area contributed by atoms with E-state index in [1.807, 2.05) is 44.2 Å². The first-order chi connectivity index (χ1) is 12.9. The standard InChI is InChI=1S/C20H24N2O4S/c1-3-21(18-9-5-4-6-10-18)20(23)17-8-7-11-19(14-17)27(24,25)22-12-13-26-15-16(22)2/h4-11,14,16H,3,12-13,15H2,1-2H3. The number of para-hydroxylation sites is 1. The minimum absolute atomic E-state index is 0.131. The highest BCUT2D eigenvalue weighted by Gasteiger charge is 2.32. The maximum Gasteiger partial charge on any atom is 0.258 e. The second kappa shape index (κ2) is 8.21. The van der Waals surface area contributed by atoms with Crippen LogP contribution in [0.15, 0.2) is 59.5 Å². The quantitative estimate of drug-likeness (QED) is 0.790. The molecule has 1 unspecified atom stereocenters. The molecule has 144 valence electrons. The molecule has 1 aliphatic heterocycles. The summed E-state index contributed by atoms with van der Waals surface area (Å²) in [6.07, 6.45) is 0. The maximum absolute atomic E-state index is 13.0. The van der Waals surface area contributed by atoms with Crippen molar-refractivity contribution >= 4 is 21.6 Å². The molecule has 2 aromatic rings. The summed E-state index contributed by atoms with van der Waals surface area (Å²) < 4.78 is 32.8. The minimum atomic E-state index is -3.68. The van der Waals surface area contributed by atoms with Crippen LogP contribution >= 0.6 is 0 Å². The summed E-state index contributed by atoms with van der Waals surface area (Å²) in [6.45, 7) is 5.25. The third-order valence-electron chi connectivity index (χ3n) is 4.62. The largest absolute Gasteiger partial charge is 0.378 e. The Balaban J connectivity index is 1.92. The highest BCUT2D eigenvalue weighted by Crippen LogP contribution is 2.23. The molecule has 0 saturated carbocycles. The lowest BCUT2D eigenvalue weighted by atomic mass is 10.2. The summed E-state index contributed by atoms with van der Waals surface area (Å²) in [5, 5.41) is 0. The Morgan fingerprint density at radius 1 is 1.19 bits per heavy atom. The molecular formula is C20H24N2O4S. The van der Waals surface area contributed by atoms with E-state index in [9.17, 15) is 13.2 Å².